The molecule has 2 rings (SSSR count). The van der Waals surface area contributed by atoms with Gasteiger partial charge < -0.3 is 15.5 Å². The standard InChI is InChI=1S/C17H18ClN3O/c1-21(2)16-8-6-15(7-9-16)20-17(22)19-11-10-13-4-3-5-14(18)12-13/h3-12H,1-2H3,(H2,19,20,22)/b11-10+. The molecule has 5 heteroatoms. The molecule has 0 aromatic heterocycles. The SMILES string of the molecule is CN(C)c1ccc(NC(=O)N/C=C/c2cccc(Cl)c2)cc1. The number of carbonyl (C=O) groups excluding carboxylic acids is 1. The average molecular weight is 316 g/mol. The number of hydrogen-bond acceptors (Lipinski definition) is 2. The van der Waals surface area contributed by atoms with Gasteiger partial charge in [0.15, 0.2) is 0 Å². The van der Waals surface area contributed by atoms with Crippen molar-refractivity contribution in [1.82, 2.24) is 5.32 Å². The summed E-state index contributed by atoms with van der Waals surface area (Å²) >= 11 is 5.89. The fraction of sp³-hybridized carbons (Fsp3) is 0.118. The molecule has 0 heterocycles. The van der Waals surface area contributed by atoms with Gasteiger partial charge >= 0.3 is 6.03 Å². The molecule has 0 aliphatic rings. The Labute approximate surface area is 135 Å². The summed E-state index contributed by atoms with van der Waals surface area (Å²) in [6, 6.07) is 14.7. The minimum absolute atomic E-state index is 0.295. The van der Waals surface area contributed by atoms with Gasteiger partial charge in [0, 0.05) is 36.7 Å². The van der Waals surface area contributed by atoms with Gasteiger partial charge in [-0.3, -0.25) is 0 Å². The van der Waals surface area contributed by atoms with Gasteiger partial charge in [0.25, 0.3) is 0 Å². The molecule has 0 fully saturated rings. The Morgan fingerprint density at radius 1 is 1.14 bits per heavy atom. The summed E-state index contributed by atoms with van der Waals surface area (Å²) in [6.45, 7) is 0. The molecule has 0 unspecified atom stereocenters. The van der Waals surface area contributed by atoms with Crippen molar-refractivity contribution in [2.75, 3.05) is 24.3 Å². The Hall–Kier alpha value is -2.46. The van der Waals surface area contributed by atoms with Crippen LogP contribution in [0.1, 0.15) is 5.56 Å². The normalized spacial score (nSPS) is 10.5. The molecule has 0 aliphatic heterocycles. The van der Waals surface area contributed by atoms with E-state index in [9.17, 15) is 4.79 Å². The second-order valence-corrected chi connectivity index (χ2v) is 5.36. The van der Waals surface area contributed by atoms with Crippen LogP contribution < -0.4 is 15.5 Å². The van der Waals surface area contributed by atoms with E-state index in [1.165, 1.54) is 0 Å². The van der Waals surface area contributed by atoms with E-state index < -0.39 is 0 Å². The zero-order chi connectivity index (χ0) is 15.9. The summed E-state index contributed by atoms with van der Waals surface area (Å²) in [6.07, 6.45) is 3.36. The molecule has 4 nitrogen and oxygen atoms in total. The quantitative estimate of drug-likeness (QED) is 0.888. The minimum Gasteiger partial charge on any atom is -0.378 e. The molecule has 114 valence electrons. The van der Waals surface area contributed by atoms with Gasteiger partial charge in [-0.15, -0.1) is 0 Å². The zero-order valence-corrected chi connectivity index (χ0v) is 13.3. The highest BCUT2D eigenvalue weighted by Crippen LogP contribution is 2.15. The smallest absolute Gasteiger partial charge is 0.323 e. The Morgan fingerprint density at radius 3 is 2.50 bits per heavy atom. The summed E-state index contributed by atoms with van der Waals surface area (Å²) < 4.78 is 0. The van der Waals surface area contributed by atoms with E-state index in [4.69, 9.17) is 11.6 Å². The van der Waals surface area contributed by atoms with Crippen LogP contribution in [0.2, 0.25) is 5.02 Å². The lowest BCUT2D eigenvalue weighted by atomic mass is 10.2. The second kappa shape index (κ2) is 7.52. The van der Waals surface area contributed by atoms with Crippen LogP contribution in [0, 0.1) is 0 Å². The van der Waals surface area contributed by atoms with Crippen molar-refractivity contribution in [2.45, 2.75) is 0 Å². The van der Waals surface area contributed by atoms with Crippen molar-refractivity contribution in [1.29, 1.82) is 0 Å². The van der Waals surface area contributed by atoms with E-state index in [2.05, 4.69) is 10.6 Å². The molecule has 2 aromatic carbocycles. The Bertz CT molecular complexity index is 666. The molecule has 0 atom stereocenters. The minimum atomic E-state index is -0.295. The van der Waals surface area contributed by atoms with Gasteiger partial charge in [-0.1, -0.05) is 23.7 Å². The second-order valence-electron chi connectivity index (χ2n) is 4.93. The van der Waals surface area contributed by atoms with Crippen LogP contribution in [0.15, 0.2) is 54.7 Å². The Morgan fingerprint density at radius 2 is 1.86 bits per heavy atom. The molecule has 0 saturated carbocycles. The van der Waals surface area contributed by atoms with Crippen LogP contribution in [0.4, 0.5) is 16.2 Å². The maximum atomic E-state index is 11.8. The lowest BCUT2D eigenvalue weighted by molar-refractivity contribution is 0.255. The molecule has 0 spiro atoms. The van der Waals surface area contributed by atoms with Crippen molar-refractivity contribution < 1.29 is 4.79 Å². The van der Waals surface area contributed by atoms with Gasteiger partial charge in [-0.25, -0.2) is 4.79 Å². The fourth-order valence-electron chi connectivity index (χ4n) is 1.83. The van der Waals surface area contributed by atoms with E-state index in [-0.39, 0.29) is 6.03 Å². The summed E-state index contributed by atoms with van der Waals surface area (Å²) in [5.74, 6) is 0. The maximum Gasteiger partial charge on any atom is 0.323 e. The zero-order valence-electron chi connectivity index (χ0n) is 12.5. The van der Waals surface area contributed by atoms with Crippen molar-refractivity contribution in [2.24, 2.45) is 0 Å². The van der Waals surface area contributed by atoms with Crippen molar-refractivity contribution in [3.05, 3.63) is 65.3 Å². The number of amides is 2. The number of nitrogens with zero attached hydrogens (tertiary/aromatic N) is 1. The number of urea groups is 1. The van der Waals surface area contributed by atoms with Crippen LogP contribution in [-0.2, 0) is 0 Å². The van der Waals surface area contributed by atoms with Gasteiger partial charge in [-0.2, -0.15) is 0 Å². The third-order valence-corrected chi connectivity index (χ3v) is 3.22. The summed E-state index contributed by atoms with van der Waals surface area (Å²) in [7, 11) is 3.94. The van der Waals surface area contributed by atoms with Crippen molar-refractivity contribution >= 4 is 35.1 Å². The van der Waals surface area contributed by atoms with E-state index in [0.29, 0.717) is 5.02 Å². The summed E-state index contributed by atoms with van der Waals surface area (Å²) in [4.78, 5) is 13.8. The fourth-order valence-corrected chi connectivity index (χ4v) is 2.03. The molecule has 0 bridgehead atoms. The first-order valence-corrected chi connectivity index (χ1v) is 7.19. The van der Waals surface area contributed by atoms with Gasteiger partial charge in [0.1, 0.15) is 0 Å². The number of nitrogens with one attached hydrogen (secondary N) is 2. The Balaban J connectivity index is 1.87. The lowest BCUT2D eigenvalue weighted by Crippen LogP contribution is -2.23. The van der Waals surface area contributed by atoms with Crippen LogP contribution in [0.3, 0.4) is 0 Å². The number of hydrogen-bond donors (Lipinski definition) is 2. The number of rotatable bonds is 4. The van der Waals surface area contributed by atoms with E-state index in [1.54, 1.807) is 18.3 Å². The highest BCUT2D eigenvalue weighted by Gasteiger charge is 2.00. The first-order valence-electron chi connectivity index (χ1n) is 6.81. The largest absolute Gasteiger partial charge is 0.378 e. The van der Waals surface area contributed by atoms with Gasteiger partial charge in [-0.05, 0) is 48.0 Å². The molecular weight excluding hydrogens is 298 g/mol. The highest BCUT2D eigenvalue weighted by atomic mass is 35.5. The third-order valence-electron chi connectivity index (χ3n) is 2.98. The maximum absolute atomic E-state index is 11.8. The highest BCUT2D eigenvalue weighted by molar-refractivity contribution is 6.30. The number of anilines is 2. The predicted molar refractivity (Wildman–Crippen MR) is 93.4 cm³/mol. The summed E-state index contributed by atoms with van der Waals surface area (Å²) in [5, 5.41) is 6.07. The number of halogens is 1. The monoisotopic (exact) mass is 315 g/mol. The molecule has 22 heavy (non-hydrogen) atoms. The van der Waals surface area contributed by atoms with Crippen LogP contribution >= 0.6 is 11.6 Å². The van der Waals surface area contributed by atoms with Crippen LogP contribution in [0.5, 0.6) is 0 Å². The van der Waals surface area contributed by atoms with E-state index in [1.807, 2.05) is 61.5 Å². The van der Waals surface area contributed by atoms with Crippen molar-refractivity contribution in [3.8, 4) is 0 Å². The third kappa shape index (κ3) is 4.82. The molecule has 0 radical (unpaired) electrons. The van der Waals surface area contributed by atoms with Gasteiger partial charge in [0.2, 0.25) is 0 Å². The number of benzene rings is 2. The predicted octanol–water partition coefficient (Wildman–Crippen LogP) is 4.20. The van der Waals surface area contributed by atoms with Crippen LogP contribution in [0.25, 0.3) is 6.08 Å². The summed E-state index contributed by atoms with van der Waals surface area (Å²) in [5.41, 5.74) is 2.73. The van der Waals surface area contributed by atoms with E-state index in [0.717, 1.165) is 16.9 Å². The first kappa shape index (κ1) is 15.9. The molecule has 2 aromatic rings. The number of carbonyl (C=O) groups is 1. The first-order chi connectivity index (χ1) is 10.5. The Kier molecular flexibility index (Phi) is 5.44. The molecular formula is C17H18ClN3O. The molecule has 2 amide bonds. The van der Waals surface area contributed by atoms with Crippen molar-refractivity contribution in [3.63, 3.8) is 0 Å². The molecule has 2 N–H and O–H groups in total. The lowest BCUT2D eigenvalue weighted by Gasteiger charge is -2.12. The van der Waals surface area contributed by atoms with Crippen LogP contribution in [-0.4, -0.2) is 20.1 Å². The topological polar surface area (TPSA) is 44.4 Å². The molecule has 0 aliphatic carbocycles. The van der Waals surface area contributed by atoms with E-state index >= 15 is 0 Å². The average Bonchev–Trinajstić information content (AvgIpc) is 2.48. The molecule has 0 saturated heterocycles. The van der Waals surface area contributed by atoms with Gasteiger partial charge in [0.05, 0.1) is 0 Å².